The van der Waals surface area contributed by atoms with Crippen molar-refractivity contribution in [3.63, 3.8) is 0 Å². The number of nitrogens with zero attached hydrogens (tertiary/aromatic N) is 3. The third-order valence-electron chi connectivity index (χ3n) is 2.99. The van der Waals surface area contributed by atoms with Crippen molar-refractivity contribution >= 4 is 12.1 Å². The highest BCUT2D eigenvalue weighted by atomic mass is 16.2. The second-order valence-corrected chi connectivity index (χ2v) is 4.49. The fraction of sp³-hybridized carbons (Fsp3) is 0.286. The van der Waals surface area contributed by atoms with Gasteiger partial charge in [0.15, 0.2) is 0 Å². The molecule has 6 heteroatoms. The Balaban J connectivity index is 1.80. The van der Waals surface area contributed by atoms with E-state index in [1.165, 1.54) is 0 Å². The number of aromatic nitrogens is 3. The molecule has 0 unspecified atom stereocenters. The first-order chi connectivity index (χ1) is 9.66. The number of aromatic amines is 1. The minimum absolute atomic E-state index is 0.115. The quantitative estimate of drug-likeness (QED) is 0.638. The van der Waals surface area contributed by atoms with Gasteiger partial charge in [0.2, 0.25) is 5.91 Å². The Kier molecular flexibility index (Phi) is 4.60. The Labute approximate surface area is 117 Å². The van der Waals surface area contributed by atoms with Gasteiger partial charge in [-0.15, -0.1) is 0 Å². The van der Waals surface area contributed by atoms with Crippen LogP contribution >= 0.6 is 0 Å². The molecule has 1 amide bonds. The standard InChI is InChI=1S/C14H17N5O/c1-10-13(11(2)18-17-10)3-4-14(20)19-16-9-12-5-7-15-8-6-12/h5-9H,3-4H2,1-2H3,(H,17,18)(H,19,20)/b16-9-. The summed E-state index contributed by atoms with van der Waals surface area (Å²) in [6, 6.07) is 3.63. The zero-order valence-corrected chi connectivity index (χ0v) is 11.6. The molecule has 2 aromatic rings. The molecule has 104 valence electrons. The average molecular weight is 271 g/mol. The molecule has 0 atom stereocenters. The Morgan fingerprint density at radius 1 is 1.40 bits per heavy atom. The minimum Gasteiger partial charge on any atom is -0.282 e. The predicted octanol–water partition coefficient (Wildman–Crippen LogP) is 1.50. The maximum atomic E-state index is 11.7. The van der Waals surface area contributed by atoms with Gasteiger partial charge >= 0.3 is 0 Å². The lowest BCUT2D eigenvalue weighted by atomic mass is 10.1. The van der Waals surface area contributed by atoms with Crippen LogP contribution in [-0.4, -0.2) is 27.3 Å². The number of H-pyrrole nitrogens is 1. The summed E-state index contributed by atoms with van der Waals surface area (Å²) < 4.78 is 0. The van der Waals surface area contributed by atoms with Crippen LogP contribution in [0.1, 0.15) is 28.9 Å². The number of carbonyl (C=O) groups excluding carboxylic acids is 1. The van der Waals surface area contributed by atoms with Crippen LogP contribution in [0.25, 0.3) is 0 Å². The summed E-state index contributed by atoms with van der Waals surface area (Å²) >= 11 is 0. The minimum atomic E-state index is -0.115. The van der Waals surface area contributed by atoms with E-state index in [4.69, 9.17) is 0 Å². The Morgan fingerprint density at radius 3 is 2.80 bits per heavy atom. The molecule has 2 rings (SSSR count). The van der Waals surface area contributed by atoms with Gasteiger partial charge in [-0.3, -0.25) is 14.9 Å². The van der Waals surface area contributed by atoms with Gasteiger partial charge in [0.25, 0.3) is 0 Å². The van der Waals surface area contributed by atoms with Gasteiger partial charge in [-0.25, -0.2) is 5.43 Å². The lowest BCUT2D eigenvalue weighted by Crippen LogP contribution is -2.18. The molecule has 0 aromatic carbocycles. The number of pyridine rings is 1. The summed E-state index contributed by atoms with van der Waals surface area (Å²) in [6.45, 7) is 3.88. The van der Waals surface area contributed by atoms with Crippen LogP contribution in [0.5, 0.6) is 0 Å². The van der Waals surface area contributed by atoms with E-state index in [9.17, 15) is 4.79 Å². The van der Waals surface area contributed by atoms with Gasteiger partial charge in [-0.1, -0.05) is 0 Å². The maximum absolute atomic E-state index is 11.7. The Hall–Kier alpha value is -2.50. The summed E-state index contributed by atoms with van der Waals surface area (Å²) in [7, 11) is 0. The van der Waals surface area contributed by atoms with Crippen LogP contribution in [-0.2, 0) is 11.2 Å². The zero-order chi connectivity index (χ0) is 14.4. The normalized spacial score (nSPS) is 10.9. The fourth-order valence-electron chi connectivity index (χ4n) is 1.87. The molecule has 0 saturated carbocycles. The number of hydrogen-bond donors (Lipinski definition) is 2. The molecule has 6 nitrogen and oxygen atoms in total. The number of amides is 1. The molecular formula is C14H17N5O. The molecule has 0 aliphatic carbocycles. The van der Waals surface area contributed by atoms with Gasteiger partial charge in [-0.05, 0) is 43.5 Å². The van der Waals surface area contributed by atoms with Crippen LogP contribution in [0, 0.1) is 13.8 Å². The molecule has 0 radical (unpaired) electrons. The van der Waals surface area contributed by atoms with Gasteiger partial charge < -0.3 is 0 Å². The largest absolute Gasteiger partial charge is 0.282 e. The van der Waals surface area contributed by atoms with Gasteiger partial charge in [0, 0.05) is 24.5 Å². The molecule has 0 fully saturated rings. The second-order valence-electron chi connectivity index (χ2n) is 4.49. The van der Waals surface area contributed by atoms with Crippen LogP contribution in [0.15, 0.2) is 29.6 Å². The molecule has 0 aliphatic rings. The molecule has 0 saturated heterocycles. The molecule has 2 heterocycles. The van der Waals surface area contributed by atoms with Gasteiger partial charge in [0.05, 0.1) is 11.9 Å². The monoisotopic (exact) mass is 271 g/mol. The van der Waals surface area contributed by atoms with Crippen LogP contribution in [0.4, 0.5) is 0 Å². The highest BCUT2D eigenvalue weighted by Crippen LogP contribution is 2.11. The third-order valence-corrected chi connectivity index (χ3v) is 2.99. The van der Waals surface area contributed by atoms with E-state index in [-0.39, 0.29) is 5.91 Å². The van der Waals surface area contributed by atoms with Crippen molar-refractivity contribution in [1.29, 1.82) is 0 Å². The molecular weight excluding hydrogens is 254 g/mol. The average Bonchev–Trinajstić information content (AvgIpc) is 2.77. The van der Waals surface area contributed by atoms with Crippen molar-refractivity contribution in [2.75, 3.05) is 0 Å². The zero-order valence-electron chi connectivity index (χ0n) is 11.6. The predicted molar refractivity (Wildman–Crippen MR) is 76.4 cm³/mol. The lowest BCUT2D eigenvalue weighted by Gasteiger charge is -2.01. The smallest absolute Gasteiger partial charge is 0.240 e. The number of carbonyl (C=O) groups is 1. The van der Waals surface area contributed by atoms with Crippen molar-refractivity contribution in [3.05, 3.63) is 47.0 Å². The van der Waals surface area contributed by atoms with E-state index in [1.54, 1.807) is 18.6 Å². The van der Waals surface area contributed by atoms with E-state index in [0.29, 0.717) is 12.8 Å². The van der Waals surface area contributed by atoms with Gasteiger partial charge in [0.1, 0.15) is 0 Å². The third kappa shape index (κ3) is 3.74. The first-order valence-corrected chi connectivity index (χ1v) is 6.39. The first kappa shape index (κ1) is 13.9. The number of hydrogen-bond acceptors (Lipinski definition) is 4. The van der Waals surface area contributed by atoms with Crippen molar-refractivity contribution in [2.24, 2.45) is 5.10 Å². The van der Waals surface area contributed by atoms with E-state index in [2.05, 4.69) is 25.7 Å². The number of rotatable bonds is 5. The molecule has 2 aromatic heterocycles. The second kappa shape index (κ2) is 6.60. The molecule has 2 N–H and O–H groups in total. The summed E-state index contributed by atoms with van der Waals surface area (Å²) in [5, 5.41) is 10.9. The number of hydrazone groups is 1. The fourth-order valence-corrected chi connectivity index (χ4v) is 1.87. The summed E-state index contributed by atoms with van der Waals surface area (Å²) in [4.78, 5) is 15.6. The molecule has 20 heavy (non-hydrogen) atoms. The van der Waals surface area contributed by atoms with Crippen molar-refractivity contribution in [3.8, 4) is 0 Å². The first-order valence-electron chi connectivity index (χ1n) is 6.39. The maximum Gasteiger partial charge on any atom is 0.240 e. The SMILES string of the molecule is Cc1n[nH]c(C)c1CCC(=O)N/N=C\c1ccncc1. The lowest BCUT2D eigenvalue weighted by molar-refractivity contribution is -0.121. The highest BCUT2D eigenvalue weighted by molar-refractivity contribution is 5.82. The topological polar surface area (TPSA) is 83.0 Å². The highest BCUT2D eigenvalue weighted by Gasteiger charge is 2.08. The molecule has 0 spiro atoms. The molecule has 0 bridgehead atoms. The molecule has 0 aliphatic heterocycles. The van der Waals surface area contributed by atoms with E-state index in [1.807, 2.05) is 26.0 Å². The van der Waals surface area contributed by atoms with E-state index < -0.39 is 0 Å². The summed E-state index contributed by atoms with van der Waals surface area (Å²) in [6.07, 6.45) is 5.98. The Bertz CT molecular complexity index is 584. The number of aryl methyl sites for hydroxylation is 2. The van der Waals surface area contributed by atoms with Crippen LogP contribution in [0.2, 0.25) is 0 Å². The number of nitrogens with one attached hydrogen (secondary N) is 2. The van der Waals surface area contributed by atoms with E-state index in [0.717, 1.165) is 22.5 Å². The Morgan fingerprint density at radius 2 is 2.15 bits per heavy atom. The van der Waals surface area contributed by atoms with Crippen LogP contribution in [0.3, 0.4) is 0 Å². The van der Waals surface area contributed by atoms with Crippen molar-refractivity contribution in [2.45, 2.75) is 26.7 Å². The van der Waals surface area contributed by atoms with Crippen molar-refractivity contribution < 1.29 is 4.79 Å². The van der Waals surface area contributed by atoms with Crippen LogP contribution < -0.4 is 5.43 Å². The van der Waals surface area contributed by atoms with Crippen molar-refractivity contribution in [1.82, 2.24) is 20.6 Å². The summed E-state index contributed by atoms with van der Waals surface area (Å²) in [5.41, 5.74) is 6.45. The summed E-state index contributed by atoms with van der Waals surface area (Å²) in [5.74, 6) is -0.115. The van der Waals surface area contributed by atoms with E-state index >= 15 is 0 Å². The van der Waals surface area contributed by atoms with Gasteiger partial charge in [-0.2, -0.15) is 10.2 Å².